The summed E-state index contributed by atoms with van der Waals surface area (Å²) in [5, 5.41) is 0.829. The Hall–Kier alpha value is -1.97. The summed E-state index contributed by atoms with van der Waals surface area (Å²) in [4.78, 5) is 4.78. The zero-order chi connectivity index (χ0) is 15.6. The van der Waals surface area contributed by atoms with Gasteiger partial charge in [0.2, 0.25) is 0 Å². The number of nitrogen functional groups attached to an aromatic ring is 1. The molecule has 0 radical (unpaired) electrons. The van der Waals surface area contributed by atoms with Crippen molar-refractivity contribution in [1.29, 1.82) is 0 Å². The van der Waals surface area contributed by atoms with Crippen molar-refractivity contribution in [3.63, 3.8) is 0 Å². The van der Waals surface area contributed by atoms with Gasteiger partial charge in [-0.2, -0.15) is 0 Å². The van der Waals surface area contributed by atoms with E-state index in [1.807, 2.05) is 32.0 Å². The van der Waals surface area contributed by atoms with Crippen LogP contribution < -0.4 is 15.2 Å². The molecule has 1 aromatic carbocycles. The first-order valence-electron chi connectivity index (χ1n) is 7.37. The van der Waals surface area contributed by atoms with E-state index in [0.717, 1.165) is 28.1 Å². The van der Waals surface area contributed by atoms with Gasteiger partial charge in [0.05, 0.1) is 18.6 Å². The fraction of sp³-hybridized carbons (Fsp3) is 0.471. The number of nitrogens with two attached hydrogens (primary N) is 1. The summed E-state index contributed by atoms with van der Waals surface area (Å²) >= 11 is 0. The van der Waals surface area contributed by atoms with Crippen molar-refractivity contribution >= 4 is 16.6 Å². The van der Waals surface area contributed by atoms with Crippen molar-refractivity contribution in [2.75, 3.05) is 18.9 Å². The van der Waals surface area contributed by atoms with Gasteiger partial charge in [-0.3, -0.25) is 0 Å². The molecule has 21 heavy (non-hydrogen) atoms. The molecular weight excluding hydrogens is 264 g/mol. The maximum atomic E-state index is 6.27. The Bertz CT molecular complexity index is 645. The molecule has 2 rings (SSSR count). The zero-order valence-corrected chi connectivity index (χ0v) is 13.5. The van der Waals surface area contributed by atoms with Crippen LogP contribution in [0.4, 0.5) is 5.69 Å². The summed E-state index contributed by atoms with van der Waals surface area (Å²) in [6, 6.07) is 5.72. The van der Waals surface area contributed by atoms with E-state index < -0.39 is 0 Å². The van der Waals surface area contributed by atoms with Gasteiger partial charge in [-0.25, -0.2) is 4.98 Å². The Morgan fingerprint density at radius 3 is 2.19 bits per heavy atom. The third-order valence-electron chi connectivity index (χ3n) is 3.28. The minimum atomic E-state index is -0.0760. The average Bonchev–Trinajstić information content (AvgIpc) is 2.40. The molecule has 0 atom stereocenters. The summed E-state index contributed by atoms with van der Waals surface area (Å²) in [5.74, 6) is 1.50. The van der Waals surface area contributed by atoms with Crippen LogP contribution in [-0.4, -0.2) is 18.2 Å². The molecule has 0 saturated carbocycles. The van der Waals surface area contributed by atoms with Gasteiger partial charge < -0.3 is 15.2 Å². The lowest BCUT2D eigenvalue weighted by Gasteiger charge is -2.21. The number of benzene rings is 1. The maximum Gasteiger partial charge on any atom is 0.145 e. The van der Waals surface area contributed by atoms with E-state index >= 15 is 0 Å². The van der Waals surface area contributed by atoms with Gasteiger partial charge in [0.1, 0.15) is 17.0 Å². The monoisotopic (exact) mass is 288 g/mol. The van der Waals surface area contributed by atoms with Crippen molar-refractivity contribution in [3.8, 4) is 11.5 Å². The van der Waals surface area contributed by atoms with E-state index in [4.69, 9.17) is 20.2 Å². The van der Waals surface area contributed by atoms with Crippen molar-refractivity contribution in [1.82, 2.24) is 4.98 Å². The molecule has 0 aliphatic rings. The van der Waals surface area contributed by atoms with Gasteiger partial charge >= 0.3 is 0 Å². The Balaban J connectivity index is 2.77. The Morgan fingerprint density at radius 1 is 1.05 bits per heavy atom. The highest BCUT2D eigenvalue weighted by molar-refractivity contribution is 5.99. The fourth-order valence-corrected chi connectivity index (χ4v) is 2.25. The van der Waals surface area contributed by atoms with Crippen LogP contribution in [0.1, 0.15) is 40.3 Å². The van der Waals surface area contributed by atoms with E-state index in [1.165, 1.54) is 0 Å². The number of fused-ring (bicyclic) bond motifs is 1. The summed E-state index contributed by atoms with van der Waals surface area (Å²) in [5.41, 5.74) is 8.59. The summed E-state index contributed by atoms with van der Waals surface area (Å²) in [6.45, 7) is 11.4. The lowest BCUT2D eigenvalue weighted by molar-refractivity contribution is 0.336. The van der Waals surface area contributed by atoms with E-state index in [0.29, 0.717) is 18.9 Å². The van der Waals surface area contributed by atoms with Crippen LogP contribution in [0.2, 0.25) is 0 Å². The smallest absolute Gasteiger partial charge is 0.145 e. The van der Waals surface area contributed by atoms with Crippen molar-refractivity contribution in [3.05, 3.63) is 23.9 Å². The van der Waals surface area contributed by atoms with Crippen LogP contribution in [-0.2, 0) is 5.41 Å². The zero-order valence-electron chi connectivity index (χ0n) is 13.5. The SMILES string of the molecule is CCOc1ccc(OCC)c2c(N)cc(C(C)(C)C)nc12. The highest BCUT2D eigenvalue weighted by atomic mass is 16.5. The normalized spacial score (nSPS) is 11.7. The molecule has 1 heterocycles. The van der Waals surface area contributed by atoms with Crippen molar-refractivity contribution in [2.24, 2.45) is 0 Å². The predicted octanol–water partition coefficient (Wildman–Crippen LogP) is 3.91. The molecule has 1 aromatic heterocycles. The standard InChI is InChI=1S/C17H24N2O2/c1-6-20-12-8-9-13(21-7-2)16-15(12)11(18)10-14(19-16)17(3,4)5/h8-10H,6-7H2,1-5H3,(H2,18,19). The first-order valence-corrected chi connectivity index (χ1v) is 7.37. The molecule has 2 aromatic rings. The molecule has 4 heteroatoms. The highest BCUT2D eigenvalue weighted by Gasteiger charge is 2.20. The number of hydrogen-bond donors (Lipinski definition) is 1. The molecular formula is C17H24N2O2. The van der Waals surface area contributed by atoms with Gasteiger partial charge in [-0.1, -0.05) is 20.8 Å². The minimum absolute atomic E-state index is 0.0760. The lowest BCUT2D eigenvalue weighted by atomic mass is 9.90. The van der Waals surface area contributed by atoms with E-state index in [9.17, 15) is 0 Å². The number of nitrogens with zero attached hydrogens (tertiary/aromatic N) is 1. The molecule has 114 valence electrons. The van der Waals surface area contributed by atoms with Crippen LogP contribution in [0.15, 0.2) is 18.2 Å². The second-order valence-corrected chi connectivity index (χ2v) is 6.00. The van der Waals surface area contributed by atoms with Crippen LogP contribution in [0.25, 0.3) is 10.9 Å². The second-order valence-electron chi connectivity index (χ2n) is 6.00. The summed E-state index contributed by atoms with van der Waals surface area (Å²) in [6.07, 6.45) is 0. The summed E-state index contributed by atoms with van der Waals surface area (Å²) < 4.78 is 11.4. The Labute approximate surface area is 126 Å². The fourth-order valence-electron chi connectivity index (χ4n) is 2.25. The first-order chi connectivity index (χ1) is 9.88. The van der Waals surface area contributed by atoms with Crippen molar-refractivity contribution < 1.29 is 9.47 Å². The van der Waals surface area contributed by atoms with Gasteiger partial charge in [0.25, 0.3) is 0 Å². The number of hydrogen-bond acceptors (Lipinski definition) is 4. The molecule has 4 nitrogen and oxygen atoms in total. The second kappa shape index (κ2) is 5.80. The topological polar surface area (TPSA) is 57.4 Å². The minimum Gasteiger partial charge on any atom is -0.493 e. The molecule has 0 unspecified atom stereocenters. The van der Waals surface area contributed by atoms with Gasteiger partial charge in [-0.05, 0) is 32.0 Å². The first kappa shape index (κ1) is 15.4. The number of ether oxygens (including phenoxy) is 2. The Morgan fingerprint density at radius 2 is 1.62 bits per heavy atom. The molecule has 0 spiro atoms. The molecule has 0 bridgehead atoms. The Kier molecular flexibility index (Phi) is 4.26. The highest BCUT2D eigenvalue weighted by Crippen LogP contribution is 2.38. The van der Waals surface area contributed by atoms with E-state index in [1.54, 1.807) is 0 Å². The van der Waals surface area contributed by atoms with Crippen LogP contribution >= 0.6 is 0 Å². The number of aromatic nitrogens is 1. The van der Waals surface area contributed by atoms with Crippen LogP contribution in [0.3, 0.4) is 0 Å². The molecule has 2 N–H and O–H groups in total. The summed E-state index contributed by atoms with van der Waals surface area (Å²) in [7, 11) is 0. The van der Waals surface area contributed by atoms with Gasteiger partial charge in [-0.15, -0.1) is 0 Å². The van der Waals surface area contributed by atoms with E-state index in [2.05, 4.69) is 20.8 Å². The molecule has 0 amide bonds. The number of pyridine rings is 1. The third-order valence-corrected chi connectivity index (χ3v) is 3.28. The quantitative estimate of drug-likeness (QED) is 0.926. The number of rotatable bonds is 4. The van der Waals surface area contributed by atoms with Crippen LogP contribution in [0.5, 0.6) is 11.5 Å². The molecule has 0 aliphatic heterocycles. The number of anilines is 1. The molecule has 0 fully saturated rings. The molecule has 0 saturated heterocycles. The predicted molar refractivity (Wildman–Crippen MR) is 87.2 cm³/mol. The van der Waals surface area contributed by atoms with Crippen LogP contribution in [0, 0.1) is 0 Å². The van der Waals surface area contributed by atoms with Crippen molar-refractivity contribution in [2.45, 2.75) is 40.0 Å². The maximum absolute atomic E-state index is 6.27. The largest absolute Gasteiger partial charge is 0.493 e. The van der Waals surface area contributed by atoms with Gasteiger partial charge in [0.15, 0.2) is 0 Å². The molecule has 0 aliphatic carbocycles. The van der Waals surface area contributed by atoms with E-state index in [-0.39, 0.29) is 5.41 Å². The third kappa shape index (κ3) is 3.04. The average molecular weight is 288 g/mol. The lowest BCUT2D eigenvalue weighted by Crippen LogP contribution is -2.14. The van der Waals surface area contributed by atoms with Gasteiger partial charge in [0, 0.05) is 16.8 Å².